The van der Waals surface area contributed by atoms with Gasteiger partial charge in [0, 0.05) is 13.1 Å². The lowest BCUT2D eigenvalue weighted by molar-refractivity contribution is -0.128. The van der Waals surface area contributed by atoms with Gasteiger partial charge >= 0.3 is 0 Å². The predicted octanol–water partition coefficient (Wildman–Crippen LogP) is 2.15. The molecule has 0 saturated heterocycles. The van der Waals surface area contributed by atoms with Crippen molar-refractivity contribution in [1.29, 1.82) is 0 Å². The van der Waals surface area contributed by atoms with Gasteiger partial charge in [-0.05, 0) is 44.0 Å². The quantitative estimate of drug-likeness (QED) is 0.785. The van der Waals surface area contributed by atoms with Crippen LogP contribution in [-0.4, -0.2) is 39.8 Å². The largest absolute Gasteiger partial charge is 0.481 e. The molecule has 0 heterocycles. The van der Waals surface area contributed by atoms with Crippen LogP contribution in [0.25, 0.3) is 0 Å². The fourth-order valence-corrected chi connectivity index (χ4v) is 2.36. The van der Waals surface area contributed by atoms with E-state index >= 15 is 0 Å². The summed E-state index contributed by atoms with van der Waals surface area (Å²) in [4.78, 5) is 12.1. The van der Waals surface area contributed by atoms with Crippen molar-refractivity contribution in [2.45, 2.75) is 45.8 Å². The Balaban J connectivity index is 2.78. The number of ether oxygens (including phenoxy) is 1. The third-order valence-corrected chi connectivity index (χ3v) is 4.85. The lowest BCUT2D eigenvalue weighted by Gasteiger charge is -2.21. The molecule has 0 bridgehead atoms. The number of carbonyl (C=O) groups excluding carboxylic acids is 1. The van der Waals surface area contributed by atoms with Crippen molar-refractivity contribution in [3.05, 3.63) is 24.3 Å². The molecule has 2 atom stereocenters. The van der Waals surface area contributed by atoms with Gasteiger partial charge in [0.15, 0.2) is 6.10 Å². The summed E-state index contributed by atoms with van der Waals surface area (Å²) in [6.07, 6.45) is 1.98. The summed E-state index contributed by atoms with van der Waals surface area (Å²) in [7, 11) is -1.81. The maximum atomic E-state index is 12.1. The Morgan fingerprint density at radius 2 is 1.78 bits per heavy atom. The van der Waals surface area contributed by atoms with Gasteiger partial charge in [-0.1, -0.05) is 13.8 Å². The molecule has 0 aliphatic rings. The van der Waals surface area contributed by atoms with Crippen molar-refractivity contribution in [2.24, 2.45) is 0 Å². The third kappa shape index (κ3) is 5.74. The monoisotopic (exact) mass is 342 g/mol. The maximum Gasteiger partial charge on any atom is 0.261 e. The van der Waals surface area contributed by atoms with Gasteiger partial charge < -0.3 is 10.1 Å². The Labute approximate surface area is 138 Å². The van der Waals surface area contributed by atoms with Gasteiger partial charge in [-0.15, -0.1) is 0 Å². The normalized spacial score (nSPS) is 14.0. The van der Waals surface area contributed by atoms with Crippen LogP contribution in [0.5, 0.6) is 5.75 Å². The van der Waals surface area contributed by atoms with E-state index in [1.54, 1.807) is 24.3 Å². The molecule has 6 nitrogen and oxygen atoms in total. The number of amides is 1. The number of sulfonamides is 1. The van der Waals surface area contributed by atoms with E-state index in [1.165, 1.54) is 11.4 Å². The van der Waals surface area contributed by atoms with Crippen LogP contribution in [0.2, 0.25) is 0 Å². The summed E-state index contributed by atoms with van der Waals surface area (Å²) in [5, 5.41) is 2.90. The number of hydrogen-bond donors (Lipinski definition) is 1. The molecule has 0 radical (unpaired) electrons. The highest BCUT2D eigenvalue weighted by molar-refractivity contribution is 7.92. The van der Waals surface area contributed by atoms with Crippen LogP contribution >= 0.6 is 0 Å². The lowest BCUT2D eigenvalue weighted by atomic mass is 10.2. The number of rotatable bonds is 8. The first-order chi connectivity index (χ1) is 10.7. The summed E-state index contributed by atoms with van der Waals surface area (Å²) >= 11 is 0. The van der Waals surface area contributed by atoms with Crippen LogP contribution in [-0.2, 0) is 14.8 Å². The Kier molecular flexibility index (Phi) is 6.87. The van der Waals surface area contributed by atoms with E-state index in [2.05, 4.69) is 5.32 Å². The van der Waals surface area contributed by atoms with E-state index in [4.69, 9.17) is 4.74 Å². The second kappa shape index (κ2) is 8.19. The molecule has 0 aliphatic carbocycles. The zero-order valence-corrected chi connectivity index (χ0v) is 15.2. The number of nitrogens with zero attached hydrogens (tertiary/aromatic N) is 1. The molecule has 1 N–H and O–H groups in total. The zero-order chi connectivity index (χ0) is 17.6. The molecule has 0 fully saturated rings. The summed E-state index contributed by atoms with van der Waals surface area (Å²) in [6, 6.07) is 6.73. The highest BCUT2D eigenvalue weighted by Crippen LogP contribution is 2.21. The maximum absolute atomic E-state index is 12.1. The van der Waals surface area contributed by atoms with Crippen molar-refractivity contribution in [2.75, 3.05) is 17.6 Å². The number of nitrogens with one attached hydrogen (secondary N) is 1. The topological polar surface area (TPSA) is 75.7 Å². The second-order valence-electron chi connectivity index (χ2n) is 5.56. The first-order valence-corrected chi connectivity index (χ1v) is 9.54. The van der Waals surface area contributed by atoms with E-state index in [0.29, 0.717) is 17.9 Å². The van der Waals surface area contributed by atoms with Gasteiger partial charge in [-0.3, -0.25) is 9.10 Å². The predicted molar refractivity (Wildman–Crippen MR) is 92.3 cm³/mol. The number of benzene rings is 1. The SMILES string of the molecule is CC[C@H](Oc1ccc(N(C)S(C)(=O)=O)cc1)C(=O)N[C@@H](C)CC. The standard InChI is InChI=1S/C16H26N2O4S/c1-6-12(3)17-16(19)15(7-2)22-14-10-8-13(9-11-14)18(4)23(5,20)21/h8-12,15H,6-7H2,1-5H3,(H,17,19)/t12-,15-/m0/s1. The Morgan fingerprint density at radius 3 is 2.22 bits per heavy atom. The fourth-order valence-electron chi connectivity index (χ4n) is 1.85. The minimum Gasteiger partial charge on any atom is -0.481 e. The Bertz CT molecular complexity index is 613. The number of anilines is 1. The number of carbonyl (C=O) groups is 1. The van der Waals surface area contributed by atoms with Crippen LogP contribution in [0.15, 0.2) is 24.3 Å². The van der Waals surface area contributed by atoms with E-state index < -0.39 is 16.1 Å². The molecule has 7 heteroatoms. The van der Waals surface area contributed by atoms with Gasteiger partial charge in [0.05, 0.1) is 11.9 Å². The summed E-state index contributed by atoms with van der Waals surface area (Å²) in [5.41, 5.74) is 0.539. The minimum absolute atomic E-state index is 0.103. The molecule has 130 valence electrons. The molecule has 0 spiro atoms. The lowest BCUT2D eigenvalue weighted by Crippen LogP contribution is -2.42. The van der Waals surface area contributed by atoms with Crippen LogP contribution in [0.4, 0.5) is 5.69 Å². The molecule has 0 aromatic heterocycles. The second-order valence-corrected chi connectivity index (χ2v) is 7.57. The molecule has 0 aliphatic heterocycles. The Morgan fingerprint density at radius 1 is 1.22 bits per heavy atom. The zero-order valence-electron chi connectivity index (χ0n) is 14.4. The Hall–Kier alpha value is -1.76. The van der Waals surface area contributed by atoms with Gasteiger partial charge in [-0.2, -0.15) is 0 Å². The molecule has 23 heavy (non-hydrogen) atoms. The highest BCUT2D eigenvalue weighted by Gasteiger charge is 2.20. The van der Waals surface area contributed by atoms with Gasteiger partial charge in [0.1, 0.15) is 5.75 Å². The van der Waals surface area contributed by atoms with Crippen LogP contribution in [0, 0.1) is 0 Å². The van der Waals surface area contributed by atoms with Crippen LogP contribution in [0.3, 0.4) is 0 Å². The smallest absolute Gasteiger partial charge is 0.261 e. The average molecular weight is 342 g/mol. The van der Waals surface area contributed by atoms with E-state index in [-0.39, 0.29) is 11.9 Å². The van der Waals surface area contributed by atoms with Gasteiger partial charge in [0.2, 0.25) is 10.0 Å². The molecular formula is C16H26N2O4S. The van der Waals surface area contributed by atoms with Crippen LogP contribution in [0.1, 0.15) is 33.6 Å². The van der Waals surface area contributed by atoms with Crippen molar-refractivity contribution in [1.82, 2.24) is 5.32 Å². The average Bonchev–Trinajstić information content (AvgIpc) is 2.51. The highest BCUT2D eigenvalue weighted by atomic mass is 32.2. The summed E-state index contributed by atoms with van der Waals surface area (Å²) in [6.45, 7) is 5.83. The molecule has 0 saturated carbocycles. The molecular weight excluding hydrogens is 316 g/mol. The fraction of sp³-hybridized carbons (Fsp3) is 0.562. The van der Waals surface area contributed by atoms with E-state index in [1.807, 2.05) is 20.8 Å². The molecule has 1 amide bonds. The summed E-state index contributed by atoms with van der Waals surface area (Å²) in [5.74, 6) is 0.390. The molecule has 1 aromatic rings. The summed E-state index contributed by atoms with van der Waals surface area (Å²) < 4.78 is 29.9. The van der Waals surface area contributed by atoms with Crippen molar-refractivity contribution in [3.63, 3.8) is 0 Å². The molecule has 1 rings (SSSR count). The first-order valence-electron chi connectivity index (χ1n) is 7.70. The van der Waals surface area contributed by atoms with Gasteiger partial charge in [-0.25, -0.2) is 8.42 Å². The third-order valence-electron chi connectivity index (χ3n) is 3.64. The first kappa shape index (κ1) is 19.3. The molecule has 0 unspecified atom stereocenters. The minimum atomic E-state index is -3.30. The van der Waals surface area contributed by atoms with Gasteiger partial charge in [0.25, 0.3) is 5.91 Å². The van der Waals surface area contributed by atoms with Crippen molar-refractivity contribution < 1.29 is 17.9 Å². The van der Waals surface area contributed by atoms with Crippen molar-refractivity contribution in [3.8, 4) is 5.75 Å². The number of hydrogen-bond acceptors (Lipinski definition) is 4. The van der Waals surface area contributed by atoms with E-state index in [9.17, 15) is 13.2 Å². The molecule has 1 aromatic carbocycles. The van der Waals surface area contributed by atoms with E-state index in [0.717, 1.165) is 12.7 Å². The van der Waals surface area contributed by atoms with Crippen LogP contribution < -0.4 is 14.4 Å². The van der Waals surface area contributed by atoms with Crippen molar-refractivity contribution >= 4 is 21.6 Å².